The van der Waals surface area contributed by atoms with Crippen LogP contribution in [0.4, 0.5) is 0 Å². The van der Waals surface area contributed by atoms with Crippen LogP contribution in [-0.2, 0) is 0 Å². The molecule has 0 spiro atoms. The van der Waals surface area contributed by atoms with Crippen LogP contribution in [-0.4, -0.2) is 17.8 Å². The Balaban J connectivity index is 2.19. The molecule has 1 heterocycles. The molecule has 1 aromatic heterocycles. The molecule has 0 saturated heterocycles. The summed E-state index contributed by atoms with van der Waals surface area (Å²) in [6.07, 6.45) is 0. The van der Waals surface area contributed by atoms with Gasteiger partial charge in [-0.3, -0.25) is 0 Å². The number of rotatable bonds is 4. The Labute approximate surface area is 99.9 Å². The van der Waals surface area contributed by atoms with Gasteiger partial charge in [-0.15, -0.1) is 11.3 Å². The number of hydrogen-bond acceptors (Lipinski definition) is 3. The molecule has 0 fully saturated rings. The average molecular weight is 235 g/mol. The van der Waals surface area contributed by atoms with Gasteiger partial charge in [0.25, 0.3) is 0 Å². The van der Waals surface area contributed by atoms with Gasteiger partial charge in [0.2, 0.25) is 0 Å². The fourth-order valence-corrected chi connectivity index (χ4v) is 2.85. The van der Waals surface area contributed by atoms with E-state index >= 15 is 0 Å². The van der Waals surface area contributed by atoms with Gasteiger partial charge < -0.3 is 10.4 Å². The van der Waals surface area contributed by atoms with Gasteiger partial charge in [-0.25, -0.2) is 0 Å². The molecule has 2 nitrogen and oxygen atoms in total. The number of thiophene rings is 1. The monoisotopic (exact) mass is 235 g/mol. The third-order valence-corrected chi connectivity index (χ3v) is 3.98. The molecular formula is C13H17NOS. The molecule has 0 saturated carbocycles. The molecule has 3 heteroatoms. The lowest BCUT2D eigenvalue weighted by Gasteiger charge is -2.16. The van der Waals surface area contributed by atoms with Crippen molar-refractivity contribution in [3.8, 4) is 0 Å². The van der Waals surface area contributed by atoms with Crippen molar-refractivity contribution < 1.29 is 5.11 Å². The normalized spacial score (nSPS) is 15.2. The summed E-state index contributed by atoms with van der Waals surface area (Å²) in [7, 11) is 0. The van der Waals surface area contributed by atoms with E-state index in [4.69, 9.17) is 5.11 Å². The second-order valence-electron chi connectivity index (χ2n) is 4.16. The molecule has 2 atom stereocenters. The highest BCUT2D eigenvalue weighted by Crippen LogP contribution is 2.29. The molecule has 1 unspecified atom stereocenters. The summed E-state index contributed by atoms with van der Waals surface area (Å²) in [5.74, 6) is 0. The van der Waals surface area contributed by atoms with Crippen molar-refractivity contribution in [2.24, 2.45) is 0 Å². The van der Waals surface area contributed by atoms with Crippen LogP contribution >= 0.6 is 11.3 Å². The third-order valence-electron chi connectivity index (χ3n) is 2.68. The second-order valence-corrected chi connectivity index (χ2v) is 5.27. The Kier molecular flexibility index (Phi) is 3.59. The molecule has 16 heavy (non-hydrogen) atoms. The van der Waals surface area contributed by atoms with Crippen molar-refractivity contribution in [2.75, 3.05) is 6.61 Å². The molecule has 2 N–H and O–H groups in total. The zero-order chi connectivity index (χ0) is 11.5. The lowest BCUT2D eigenvalue weighted by Crippen LogP contribution is -2.31. The number of hydrogen-bond donors (Lipinski definition) is 2. The summed E-state index contributed by atoms with van der Waals surface area (Å²) in [4.78, 5) is 1.32. The summed E-state index contributed by atoms with van der Waals surface area (Å²) in [5.41, 5.74) is 0. The zero-order valence-corrected chi connectivity index (χ0v) is 10.4. The lowest BCUT2D eigenvalue weighted by atomic mass is 10.2. The molecule has 0 bridgehead atoms. The number of aliphatic hydroxyl groups is 1. The van der Waals surface area contributed by atoms with E-state index in [1.54, 1.807) is 0 Å². The average Bonchev–Trinajstić information content (AvgIpc) is 2.72. The lowest BCUT2D eigenvalue weighted by molar-refractivity contribution is 0.243. The minimum absolute atomic E-state index is 0.139. The summed E-state index contributed by atoms with van der Waals surface area (Å²) >= 11 is 1.81. The van der Waals surface area contributed by atoms with Gasteiger partial charge in [0.15, 0.2) is 0 Å². The molecule has 0 aliphatic heterocycles. The van der Waals surface area contributed by atoms with E-state index in [0.29, 0.717) is 6.04 Å². The van der Waals surface area contributed by atoms with E-state index in [2.05, 4.69) is 42.6 Å². The van der Waals surface area contributed by atoms with Gasteiger partial charge in [-0.05, 0) is 31.4 Å². The van der Waals surface area contributed by atoms with Crippen molar-refractivity contribution in [1.29, 1.82) is 0 Å². The van der Waals surface area contributed by atoms with Crippen LogP contribution in [0.3, 0.4) is 0 Å². The van der Waals surface area contributed by atoms with Crippen LogP contribution in [0.1, 0.15) is 24.8 Å². The summed E-state index contributed by atoms with van der Waals surface area (Å²) in [6, 6.07) is 11.1. The van der Waals surface area contributed by atoms with Crippen LogP contribution < -0.4 is 5.32 Å². The Morgan fingerprint density at radius 1 is 1.31 bits per heavy atom. The molecule has 0 radical (unpaired) electrons. The predicted molar refractivity (Wildman–Crippen MR) is 69.9 cm³/mol. The zero-order valence-electron chi connectivity index (χ0n) is 9.60. The summed E-state index contributed by atoms with van der Waals surface area (Å²) in [6.45, 7) is 4.30. The van der Waals surface area contributed by atoms with Crippen LogP contribution in [0.2, 0.25) is 0 Å². The number of fused-ring (bicyclic) bond motifs is 1. The first-order valence-electron chi connectivity index (χ1n) is 5.56. The van der Waals surface area contributed by atoms with Crippen LogP contribution in [0.15, 0.2) is 30.3 Å². The Morgan fingerprint density at radius 2 is 2.06 bits per heavy atom. The highest BCUT2D eigenvalue weighted by molar-refractivity contribution is 7.19. The van der Waals surface area contributed by atoms with E-state index in [-0.39, 0.29) is 12.6 Å². The summed E-state index contributed by atoms with van der Waals surface area (Å²) in [5, 5.41) is 13.7. The maximum atomic E-state index is 9.01. The minimum atomic E-state index is 0.139. The molecule has 0 aliphatic carbocycles. The van der Waals surface area contributed by atoms with Crippen molar-refractivity contribution >= 4 is 21.4 Å². The highest BCUT2D eigenvalue weighted by atomic mass is 32.1. The van der Waals surface area contributed by atoms with E-state index in [1.165, 1.54) is 15.0 Å². The standard InChI is InChI=1S/C13H17NOS/c1-9(8-15)14-10(2)13-7-11-5-3-4-6-12(11)16-13/h3-7,9-10,14-15H,8H2,1-2H3/t9-,10?/m1/s1. The molecular weight excluding hydrogens is 218 g/mol. The largest absolute Gasteiger partial charge is 0.395 e. The number of benzene rings is 1. The third kappa shape index (κ3) is 2.43. The molecule has 1 aromatic carbocycles. The van der Waals surface area contributed by atoms with Gasteiger partial charge in [-0.1, -0.05) is 18.2 Å². The molecule has 2 aromatic rings. The van der Waals surface area contributed by atoms with Gasteiger partial charge in [-0.2, -0.15) is 0 Å². The van der Waals surface area contributed by atoms with E-state index in [1.807, 2.05) is 18.3 Å². The number of nitrogens with one attached hydrogen (secondary N) is 1. The first-order valence-corrected chi connectivity index (χ1v) is 6.37. The van der Waals surface area contributed by atoms with Gasteiger partial charge in [0, 0.05) is 21.7 Å². The fourth-order valence-electron chi connectivity index (χ4n) is 1.78. The topological polar surface area (TPSA) is 32.3 Å². The van der Waals surface area contributed by atoms with Gasteiger partial charge >= 0.3 is 0 Å². The molecule has 0 aliphatic rings. The fraction of sp³-hybridized carbons (Fsp3) is 0.385. The van der Waals surface area contributed by atoms with Crippen LogP contribution in [0.5, 0.6) is 0 Å². The Bertz CT molecular complexity index is 433. The SMILES string of the molecule is CC(N[C@H](C)CO)c1cc2ccccc2s1. The van der Waals surface area contributed by atoms with E-state index < -0.39 is 0 Å². The van der Waals surface area contributed by atoms with Crippen LogP contribution in [0.25, 0.3) is 10.1 Å². The maximum absolute atomic E-state index is 9.01. The predicted octanol–water partition coefficient (Wildman–Crippen LogP) is 2.93. The summed E-state index contributed by atoms with van der Waals surface area (Å²) < 4.78 is 1.32. The van der Waals surface area contributed by atoms with Gasteiger partial charge in [0.1, 0.15) is 0 Å². The quantitative estimate of drug-likeness (QED) is 0.854. The Hall–Kier alpha value is -0.900. The van der Waals surface area contributed by atoms with Crippen molar-refractivity contribution in [2.45, 2.75) is 25.9 Å². The van der Waals surface area contributed by atoms with Crippen molar-refractivity contribution in [3.05, 3.63) is 35.2 Å². The first kappa shape index (κ1) is 11.6. The van der Waals surface area contributed by atoms with Gasteiger partial charge in [0.05, 0.1) is 6.61 Å². The van der Waals surface area contributed by atoms with E-state index in [0.717, 1.165) is 0 Å². The smallest absolute Gasteiger partial charge is 0.0582 e. The highest BCUT2D eigenvalue weighted by Gasteiger charge is 2.11. The molecule has 86 valence electrons. The minimum Gasteiger partial charge on any atom is -0.395 e. The maximum Gasteiger partial charge on any atom is 0.0582 e. The van der Waals surface area contributed by atoms with Crippen molar-refractivity contribution in [3.63, 3.8) is 0 Å². The van der Waals surface area contributed by atoms with Crippen molar-refractivity contribution in [1.82, 2.24) is 5.32 Å². The molecule has 0 amide bonds. The Morgan fingerprint density at radius 3 is 2.75 bits per heavy atom. The first-order chi connectivity index (χ1) is 7.70. The molecule has 2 rings (SSSR count). The number of aliphatic hydroxyl groups excluding tert-OH is 1. The van der Waals surface area contributed by atoms with Crippen LogP contribution in [0, 0.1) is 0 Å². The van der Waals surface area contributed by atoms with E-state index in [9.17, 15) is 0 Å². The second kappa shape index (κ2) is 4.95.